The monoisotopic (exact) mass is 325 g/mol. The molecule has 0 radical (unpaired) electrons. The van der Waals surface area contributed by atoms with Gasteiger partial charge in [-0.2, -0.15) is 5.10 Å². The first-order chi connectivity index (χ1) is 11.3. The van der Waals surface area contributed by atoms with Gasteiger partial charge in [0.05, 0.1) is 18.4 Å². The first-order valence-corrected chi connectivity index (χ1v) is 8.32. The second kappa shape index (κ2) is 5.92. The summed E-state index contributed by atoms with van der Waals surface area (Å²) in [6.45, 7) is 0.435. The van der Waals surface area contributed by atoms with Crippen LogP contribution in [0, 0.1) is 0 Å². The number of H-pyrrole nitrogens is 1. The van der Waals surface area contributed by atoms with Crippen LogP contribution in [0.15, 0.2) is 36.5 Å². The summed E-state index contributed by atoms with van der Waals surface area (Å²) in [5.74, 6) is 0.396. The van der Waals surface area contributed by atoms with E-state index in [4.69, 9.17) is 0 Å². The smallest absolute Gasteiger partial charge is 0.282 e. The Morgan fingerprint density at radius 2 is 2.09 bits per heavy atom. The fourth-order valence-electron chi connectivity index (χ4n) is 2.47. The van der Waals surface area contributed by atoms with E-state index in [1.54, 1.807) is 0 Å². The van der Waals surface area contributed by atoms with Crippen LogP contribution < -0.4 is 5.32 Å². The zero-order chi connectivity index (χ0) is 15.6. The van der Waals surface area contributed by atoms with Crippen molar-refractivity contribution in [3.63, 3.8) is 0 Å². The van der Waals surface area contributed by atoms with Gasteiger partial charge in [-0.25, -0.2) is 0 Å². The Balaban J connectivity index is 1.43. The summed E-state index contributed by atoms with van der Waals surface area (Å²) in [5, 5.41) is 19.1. The zero-order valence-corrected chi connectivity index (χ0v) is 13.1. The minimum absolute atomic E-state index is 0.207. The van der Waals surface area contributed by atoms with Crippen molar-refractivity contribution < 1.29 is 4.79 Å². The molecular formula is C16H15N5OS. The average Bonchev–Trinajstić information content (AvgIpc) is 3.13. The molecule has 1 aliphatic rings. The molecule has 0 saturated heterocycles. The number of nitrogens with one attached hydrogen (secondary N) is 2. The number of benzene rings is 1. The predicted molar refractivity (Wildman–Crippen MR) is 87.1 cm³/mol. The SMILES string of the molecule is O=C(NCc1[nH]ncc1C1CC1)c1nnc(-c2ccccc2)s1. The molecule has 1 aliphatic carbocycles. The summed E-state index contributed by atoms with van der Waals surface area (Å²) in [6.07, 6.45) is 4.27. The van der Waals surface area contributed by atoms with Gasteiger partial charge in [-0.15, -0.1) is 10.2 Å². The molecular weight excluding hydrogens is 310 g/mol. The van der Waals surface area contributed by atoms with Crippen LogP contribution in [-0.2, 0) is 6.54 Å². The molecule has 2 N–H and O–H groups in total. The zero-order valence-electron chi connectivity index (χ0n) is 12.3. The molecule has 2 heterocycles. The van der Waals surface area contributed by atoms with Crippen molar-refractivity contribution in [1.29, 1.82) is 0 Å². The summed E-state index contributed by atoms with van der Waals surface area (Å²) < 4.78 is 0. The largest absolute Gasteiger partial charge is 0.344 e. The van der Waals surface area contributed by atoms with Gasteiger partial charge in [0.25, 0.3) is 5.91 Å². The van der Waals surface area contributed by atoms with Crippen molar-refractivity contribution in [2.45, 2.75) is 25.3 Å². The molecule has 1 amide bonds. The highest BCUT2D eigenvalue weighted by Crippen LogP contribution is 2.41. The van der Waals surface area contributed by atoms with Crippen LogP contribution in [-0.4, -0.2) is 26.3 Å². The van der Waals surface area contributed by atoms with Crippen LogP contribution in [0.25, 0.3) is 10.6 Å². The van der Waals surface area contributed by atoms with Crippen molar-refractivity contribution in [3.05, 3.63) is 52.8 Å². The van der Waals surface area contributed by atoms with Crippen LogP contribution in [0.2, 0.25) is 0 Å². The second-order valence-electron chi connectivity index (χ2n) is 5.54. The quantitative estimate of drug-likeness (QED) is 0.755. The summed E-state index contributed by atoms with van der Waals surface area (Å²) >= 11 is 1.29. The molecule has 0 spiro atoms. The maximum Gasteiger partial charge on any atom is 0.282 e. The van der Waals surface area contributed by atoms with Gasteiger partial charge in [-0.05, 0) is 24.3 Å². The lowest BCUT2D eigenvalue weighted by atomic mass is 10.1. The van der Waals surface area contributed by atoms with Gasteiger partial charge in [0, 0.05) is 5.56 Å². The number of hydrogen-bond acceptors (Lipinski definition) is 5. The lowest BCUT2D eigenvalue weighted by Crippen LogP contribution is -2.23. The first-order valence-electron chi connectivity index (χ1n) is 7.50. The summed E-state index contributed by atoms with van der Waals surface area (Å²) in [5.41, 5.74) is 3.16. The Morgan fingerprint density at radius 3 is 2.87 bits per heavy atom. The molecule has 116 valence electrons. The highest BCUT2D eigenvalue weighted by Gasteiger charge is 2.27. The van der Waals surface area contributed by atoms with Crippen molar-refractivity contribution in [2.24, 2.45) is 0 Å². The number of rotatable bonds is 5. The molecule has 23 heavy (non-hydrogen) atoms. The van der Waals surface area contributed by atoms with Crippen LogP contribution in [0.1, 0.15) is 39.8 Å². The Bertz CT molecular complexity index is 822. The minimum atomic E-state index is -0.207. The number of carbonyl (C=O) groups is 1. The van der Waals surface area contributed by atoms with E-state index < -0.39 is 0 Å². The van der Waals surface area contributed by atoms with Crippen molar-refractivity contribution in [1.82, 2.24) is 25.7 Å². The van der Waals surface area contributed by atoms with E-state index in [2.05, 4.69) is 25.7 Å². The number of hydrogen-bond donors (Lipinski definition) is 2. The standard InChI is InChI=1S/C16H15N5OS/c22-14(17-9-13-12(8-18-19-13)10-6-7-10)16-21-20-15(23-16)11-4-2-1-3-5-11/h1-5,8,10H,6-7,9H2,(H,17,22)(H,18,19). The Morgan fingerprint density at radius 1 is 1.26 bits per heavy atom. The Kier molecular flexibility index (Phi) is 3.63. The topological polar surface area (TPSA) is 83.6 Å². The molecule has 1 aromatic carbocycles. The molecule has 6 nitrogen and oxygen atoms in total. The molecule has 4 rings (SSSR count). The van der Waals surface area contributed by atoms with Gasteiger partial charge in [0.1, 0.15) is 5.01 Å². The summed E-state index contributed by atoms with van der Waals surface area (Å²) in [6, 6.07) is 9.73. The third-order valence-corrected chi connectivity index (χ3v) is 4.81. The summed E-state index contributed by atoms with van der Waals surface area (Å²) in [4.78, 5) is 12.2. The van der Waals surface area contributed by atoms with Gasteiger partial charge in [-0.3, -0.25) is 9.89 Å². The number of amides is 1. The van der Waals surface area contributed by atoms with Crippen molar-refractivity contribution in [2.75, 3.05) is 0 Å². The van der Waals surface area contributed by atoms with E-state index in [-0.39, 0.29) is 5.91 Å². The third-order valence-electron chi connectivity index (χ3n) is 3.83. The molecule has 0 bridgehead atoms. The Hall–Kier alpha value is -2.54. The Labute approximate surface area is 137 Å². The first kappa shape index (κ1) is 14.1. The molecule has 1 saturated carbocycles. The lowest BCUT2D eigenvalue weighted by molar-refractivity contribution is 0.0949. The molecule has 1 fully saturated rings. The van der Waals surface area contributed by atoms with Gasteiger partial charge in [0.15, 0.2) is 0 Å². The van der Waals surface area contributed by atoms with Gasteiger partial charge in [-0.1, -0.05) is 41.7 Å². The minimum Gasteiger partial charge on any atom is -0.344 e. The van der Waals surface area contributed by atoms with E-state index in [0.29, 0.717) is 17.5 Å². The van der Waals surface area contributed by atoms with E-state index in [1.165, 1.54) is 29.7 Å². The average molecular weight is 325 g/mol. The van der Waals surface area contributed by atoms with Crippen LogP contribution >= 0.6 is 11.3 Å². The highest BCUT2D eigenvalue weighted by molar-refractivity contribution is 7.16. The van der Waals surface area contributed by atoms with E-state index in [1.807, 2.05) is 36.5 Å². The molecule has 0 aliphatic heterocycles. The fourth-order valence-corrected chi connectivity index (χ4v) is 3.23. The third kappa shape index (κ3) is 3.00. The maximum atomic E-state index is 12.2. The maximum absolute atomic E-state index is 12.2. The van der Waals surface area contributed by atoms with Crippen LogP contribution in [0.4, 0.5) is 0 Å². The van der Waals surface area contributed by atoms with Crippen molar-refractivity contribution >= 4 is 17.2 Å². The van der Waals surface area contributed by atoms with E-state index >= 15 is 0 Å². The molecule has 2 aromatic heterocycles. The van der Waals surface area contributed by atoms with Gasteiger partial charge >= 0.3 is 0 Å². The number of nitrogens with zero attached hydrogens (tertiary/aromatic N) is 3. The van der Waals surface area contributed by atoms with Gasteiger partial charge in [0.2, 0.25) is 5.01 Å². The predicted octanol–water partition coefficient (Wildman–Crippen LogP) is 2.74. The van der Waals surface area contributed by atoms with E-state index in [9.17, 15) is 4.79 Å². The second-order valence-corrected chi connectivity index (χ2v) is 6.52. The van der Waals surface area contributed by atoms with Gasteiger partial charge < -0.3 is 5.32 Å². The molecule has 7 heteroatoms. The fraction of sp³-hybridized carbons (Fsp3) is 0.250. The van der Waals surface area contributed by atoms with Crippen molar-refractivity contribution in [3.8, 4) is 10.6 Å². The molecule has 0 unspecified atom stereocenters. The molecule has 3 aromatic rings. The number of carbonyl (C=O) groups excluding carboxylic acids is 1. The van der Waals surface area contributed by atoms with E-state index in [0.717, 1.165) is 16.3 Å². The van der Waals surface area contributed by atoms with Crippen LogP contribution in [0.3, 0.4) is 0 Å². The number of aromatic amines is 1. The summed E-state index contributed by atoms with van der Waals surface area (Å²) in [7, 11) is 0. The normalized spacial score (nSPS) is 13.9. The molecule has 0 atom stereocenters. The number of aromatic nitrogens is 4. The lowest BCUT2D eigenvalue weighted by Gasteiger charge is -2.03. The van der Waals surface area contributed by atoms with Crippen LogP contribution in [0.5, 0.6) is 0 Å². The highest BCUT2D eigenvalue weighted by atomic mass is 32.1.